The largest absolute Gasteiger partial charge is 0.355 e. The number of rotatable bonds is 6. The first-order valence-corrected chi connectivity index (χ1v) is 8.59. The molecule has 0 aromatic heterocycles. The summed E-state index contributed by atoms with van der Waals surface area (Å²) < 4.78 is 13.4. The molecule has 1 aromatic carbocycles. The summed E-state index contributed by atoms with van der Waals surface area (Å²) in [5.41, 5.74) is 0.725. The molecule has 2 rings (SSSR count). The molecule has 1 atom stereocenters. The minimum Gasteiger partial charge on any atom is -0.355 e. The summed E-state index contributed by atoms with van der Waals surface area (Å²) in [7, 11) is 2.06. The molecule has 0 saturated carbocycles. The van der Waals surface area contributed by atoms with Crippen LogP contribution >= 0.6 is 11.8 Å². The Kier molecular flexibility index (Phi) is 6.51. The number of nitrogens with one attached hydrogen (secondary N) is 1. The topological polar surface area (TPSA) is 32.3 Å². The molecule has 21 heavy (non-hydrogen) atoms. The number of nitrogens with zero attached hydrogens (tertiary/aromatic N) is 1. The standard InChI is InChI=1S/C16H23FN2OS/c1-19-9-4-6-13(11-19)16(20)18-8-10-21-12-14-5-2-3-7-15(14)17/h2-3,5,7,13H,4,6,8-12H2,1H3,(H,18,20). The normalized spacial score (nSPS) is 19.4. The van der Waals surface area contributed by atoms with Crippen molar-refractivity contribution in [3.05, 3.63) is 35.6 Å². The van der Waals surface area contributed by atoms with E-state index in [1.165, 1.54) is 6.07 Å². The van der Waals surface area contributed by atoms with Gasteiger partial charge in [0.25, 0.3) is 0 Å². The van der Waals surface area contributed by atoms with Crippen LogP contribution in [0.2, 0.25) is 0 Å². The molecule has 1 amide bonds. The van der Waals surface area contributed by atoms with E-state index in [-0.39, 0.29) is 17.6 Å². The second kappa shape index (κ2) is 8.39. The Labute approximate surface area is 130 Å². The Bertz CT molecular complexity index is 469. The van der Waals surface area contributed by atoms with E-state index in [9.17, 15) is 9.18 Å². The van der Waals surface area contributed by atoms with Crippen LogP contribution in [0, 0.1) is 11.7 Å². The number of benzene rings is 1. The van der Waals surface area contributed by atoms with Crippen molar-refractivity contribution in [3.63, 3.8) is 0 Å². The van der Waals surface area contributed by atoms with Crippen LogP contribution in [-0.4, -0.2) is 43.2 Å². The molecule has 0 bridgehead atoms. The van der Waals surface area contributed by atoms with Gasteiger partial charge >= 0.3 is 0 Å². The zero-order valence-electron chi connectivity index (χ0n) is 12.5. The third-order valence-corrected chi connectivity index (χ3v) is 4.76. The van der Waals surface area contributed by atoms with Crippen LogP contribution < -0.4 is 5.32 Å². The number of halogens is 1. The van der Waals surface area contributed by atoms with E-state index < -0.39 is 0 Å². The number of carbonyl (C=O) groups excluding carboxylic acids is 1. The maximum atomic E-state index is 13.4. The van der Waals surface area contributed by atoms with Crippen LogP contribution in [0.3, 0.4) is 0 Å². The fraction of sp³-hybridized carbons (Fsp3) is 0.562. The Morgan fingerprint density at radius 1 is 1.48 bits per heavy atom. The lowest BCUT2D eigenvalue weighted by atomic mass is 9.98. The molecule has 1 unspecified atom stereocenters. The van der Waals surface area contributed by atoms with Crippen LogP contribution in [0.1, 0.15) is 18.4 Å². The lowest BCUT2D eigenvalue weighted by Crippen LogP contribution is -2.41. The summed E-state index contributed by atoms with van der Waals surface area (Å²) in [6, 6.07) is 6.83. The van der Waals surface area contributed by atoms with E-state index in [0.29, 0.717) is 12.3 Å². The minimum atomic E-state index is -0.153. The molecular weight excluding hydrogens is 287 g/mol. The maximum absolute atomic E-state index is 13.4. The molecule has 0 aliphatic carbocycles. The number of likely N-dealkylation sites (tertiary alicyclic amines) is 1. The Morgan fingerprint density at radius 2 is 2.29 bits per heavy atom. The van der Waals surface area contributed by atoms with Gasteiger partial charge in [0.15, 0.2) is 0 Å². The number of hydrogen-bond donors (Lipinski definition) is 1. The zero-order valence-corrected chi connectivity index (χ0v) is 13.3. The highest BCUT2D eigenvalue weighted by molar-refractivity contribution is 7.98. The molecule has 1 aliphatic heterocycles. The van der Waals surface area contributed by atoms with Gasteiger partial charge in [-0.25, -0.2) is 4.39 Å². The van der Waals surface area contributed by atoms with Gasteiger partial charge in [-0.1, -0.05) is 18.2 Å². The Hall–Kier alpha value is -1.07. The Balaban J connectivity index is 1.61. The van der Waals surface area contributed by atoms with Gasteiger partial charge in [-0.3, -0.25) is 4.79 Å². The van der Waals surface area contributed by atoms with Crippen LogP contribution in [0.5, 0.6) is 0 Å². The molecule has 1 aliphatic rings. The number of amides is 1. The van der Waals surface area contributed by atoms with Crippen molar-refractivity contribution in [1.82, 2.24) is 10.2 Å². The van der Waals surface area contributed by atoms with Crippen molar-refractivity contribution in [3.8, 4) is 0 Å². The average Bonchev–Trinajstić information content (AvgIpc) is 2.48. The highest BCUT2D eigenvalue weighted by Gasteiger charge is 2.23. The second-order valence-electron chi connectivity index (χ2n) is 5.54. The highest BCUT2D eigenvalue weighted by atomic mass is 32.2. The van der Waals surface area contributed by atoms with Gasteiger partial charge in [0.1, 0.15) is 5.82 Å². The third-order valence-electron chi connectivity index (χ3n) is 3.76. The highest BCUT2D eigenvalue weighted by Crippen LogP contribution is 2.16. The van der Waals surface area contributed by atoms with Gasteiger partial charge in [0.2, 0.25) is 5.91 Å². The molecular formula is C16H23FN2OS. The van der Waals surface area contributed by atoms with Gasteiger partial charge in [0.05, 0.1) is 5.92 Å². The molecule has 3 nitrogen and oxygen atoms in total. The summed E-state index contributed by atoms with van der Waals surface area (Å²) in [6.07, 6.45) is 2.08. The van der Waals surface area contributed by atoms with Crippen LogP contribution in [0.15, 0.2) is 24.3 Å². The van der Waals surface area contributed by atoms with Crippen molar-refractivity contribution in [2.45, 2.75) is 18.6 Å². The van der Waals surface area contributed by atoms with Crippen molar-refractivity contribution < 1.29 is 9.18 Å². The first-order valence-electron chi connectivity index (χ1n) is 7.44. The summed E-state index contributed by atoms with van der Waals surface area (Å²) in [6.45, 7) is 2.59. The lowest BCUT2D eigenvalue weighted by Gasteiger charge is -2.28. The number of carbonyl (C=O) groups is 1. The summed E-state index contributed by atoms with van der Waals surface area (Å²) in [4.78, 5) is 14.2. The van der Waals surface area contributed by atoms with Crippen molar-refractivity contribution in [2.75, 3.05) is 32.4 Å². The molecule has 5 heteroatoms. The molecule has 116 valence electrons. The van der Waals surface area contributed by atoms with Crippen molar-refractivity contribution >= 4 is 17.7 Å². The summed E-state index contributed by atoms with van der Waals surface area (Å²) >= 11 is 1.64. The lowest BCUT2D eigenvalue weighted by molar-refractivity contribution is -0.126. The SMILES string of the molecule is CN1CCCC(C(=O)NCCSCc2ccccc2F)C1. The minimum absolute atomic E-state index is 0.125. The monoisotopic (exact) mass is 310 g/mol. The van der Waals surface area contributed by atoms with Crippen LogP contribution in [-0.2, 0) is 10.5 Å². The van der Waals surface area contributed by atoms with Gasteiger partial charge in [-0.15, -0.1) is 0 Å². The first-order chi connectivity index (χ1) is 10.2. The molecule has 0 spiro atoms. The zero-order chi connectivity index (χ0) is 15.1. The molecule has 1 N–H and O–H groups in total. The van der Waals surface area contributed by atoms with E-state index >= 15 is 0 Å². The van der Waals surface area contributed by atoms with E-state index in [1.54, 1.807) is 23.9 Å². The van der Waals surface area contributed by atoms with Crippen molar-refractivity contribution in [2.24, 2.45) is 5.92 Å². The van der Waals surface area contributed by atoms with Gasteiger partial charge in [-0.2, -0.15) is 11.8 Å². The van der Waals surface area contributed by atoms with Gasteiger partial charge in [-0.05, 0) is 38.1 Å². The molecule has 1 saturated heterocycles. The molecule has 1 heterocycles. The van der Waals surface area contributed by atoms with E-state index in [2.05, 4.69) is 17.3 Å². The third kappa shape index (κ3) is 5.32. The number of thioether (sulfide) groups is 1. The smallest absolute Gasteiger partial charge is 0.224 e. The van der Waals surface area contributed by atoms with E-state index in [4.69, 9.17) is 0 Å². The summed E-state index contributed by atoms with van der Waals surface area (Å²) in [5.74, 6) is 1.59. The van der Waals surface area contributed by atoms with Gasteiger partial charge < -0.3 is 10.2 Å². The van der Waals surface area contributed by atoms with Gasteiger partial charge in [0, 0.05) is 24.6 Å². The van der Waals surface area contributed by atoms with Crippen LogP contribution in [0.4, 0.5) is 4.39 Å². The van der Waals surface area contributed by atoms with E-state index in [0.717, 1.165) is 37.2 Å². The average molecular weight is 310 g/mol. The predicted molar refractivity (Wildman–Crippen MR) is 85.8 cm³/mol. The fourth-order valence-electron chi connectivity index (χ4n) is 2.57. The first kappa shape index (κ1) is 16.3. The number of piperidine rings is 1. The quantitative estimate of drug-likeness (QED) is 0.820. The molecule has 0 radical (unpaired) electrons. The van der Waals surface area contributed by atoms with Crippen LogP contribution in [0.25, 0.3) is 0 Å². The van der Waals surface area contributed by atoms with E-state index in [1.807, 2.05) is 6.07 Å². The molecule has 1 aromatic rings. The molecule has 1 fully saturated rings. The number of hydrogen-bond acceptors (Lipinski definition) is 3. The second-order valence-corrected chi connectivity index (χ2v) is 6.64. The predicted octanol–water partition coefficient (Wildman–Crippen LogP) is 2.52. The summed E-state index contributed by atoms with van der Waals surface area (Å²) in [5, 5.41) is 2.99. The fourth-order valence-corrected chi connectivity index (χ4v) is 3.41. The Morgan fingerprint density at radius 3 is 3.05 bits per heavy atom. The van der Waals surface area contributed by atoms with Crippen molar-refractivity contribution in [1.29, 1.82) is 0 Å². The maximum Gasteiger partial charge on any atom is 0.224 e.